The molecule has 110 valence electrons. The SMILES string of the molecule is CN1CCCN(C(=O)c2cc3cc(N)ccc3s2)CC1=O. The third-order valence-corrected chi connectivity index (χ3v) is 4.82. The summed E-state index contributed by atoms with van der Waals surface area (Å²) in [7, 11) is 1.78. The van der Waals surface area contributed by atoms with E-state index < -0.39 is 0 Å². The molecule has 0 saturated carbocycles. The van der Waals surface area contributed by atoms with Crippen LogP contribution in [0.3, 0.4) is 0 Å². The molecular weight excluding hydrogens is 286 g/mol. The number of anilines is 1. The van der Waals surface area contributed by atoms with Crippen molar-refractivity contribution in [2.24, 2.45) is 0 Å². The van der Waals surface area contributed by atoms with Gasteiger partial charge in [0.25, 0.3) is 5.91 Å². The lowest BCUT2D eigenvalue weighted by Gasteiger charge is -2.18. The molecule has 1 aromatic carbocycles. The summed E-state index contributed by atoms with van der Waals surface area (Å²) < 4.78 is 1.03. The Labute approximate surface area is 126 Å². The number of fused-ring (bicyclic) bond motifs is 1. The van der Waals surface area contributed by atoms with Crippen LogP contribution in [0.4, 0.5) is 5.69 Å². The van der Waals surface area contributed by atoms with Crippen molar-refractivity contribution in [3.63, 3.8) is 0 Å². The Morgan fingerprint density at radius 3 is 2.90 bits per heavy atom. The van der Waals surface area contributed by atoms with E-state index in [0.29, 0.717) is 23.7 Å². The van der Waals surface area contributed by atoms with Gasteiger partial charge in [-0.1, -0.05) is 0 Å². The predicted molar refractivity (Wildman–Crippen MR) is 84.4 cm³/mol. The summed E-state index contributed by atoms with van der Waals surface area (Å²) in [5.74, 6) is -0.0790. The maximum Gasteiger partial charge on any atom is 0.264 e. The Morgan fingerprint density at radius 1 is 1.29 bits per heavy atom. The first-order valence-electron chi connectivity index (χ1n) is 6.87. The quantitative estimate of drug-likeness (QED) is 0.817. The number of thiophene rings is 1. The van der Waals surface area contributed by atoms with Crippen molar-refractivity contribution in [3.05, 3.63) is 29.1 Å². The zero-order valence-electron chi connectivity index (χ0n) is 11.8. The Bertz CT molecular complexity index is 710. The van der Waals surface area contributed by atoms with Crippen LogP contribution in [0, 0.1) is 0 Å². The predicted octanol–water partition coefficient (Wildman–Crippen LogP) is 1.79. The molecule has 2 heterocycles. The fourth-order valence-electron chi connectivity index (χ4n) is 2.48. The zero-order chi connectivity index (χ0) is 15.0. The highest BCUT2D eigenvalue weighted by molar-refractivity contribution is 7.20. The molecule has 1 aliphatic rings. The van der Waals surface area contributed by atoms with E-state index in [1.165, 1.54) is 11.3 Å². The molecule has 2 aromatic rings. The number of amides is 2. The molecule has 0 bridgehead atoms. The molecule has 0 atom stereocenters. The van der Waals surface area contributed by atoms with Crippen LogP contribution in [0.15, 0.2) is 24.3 Å². The zero-order valence-corrected chi connectivity index (χ0v) is 12.7. The topological polar surface area (TPSA) is 66.6 Å². The van der Waals surface area contributed by atoms with E-state index >= 15 is 0 Å². The standard InChI is InChI=1S/C15H17N3O2S/c1-17-5-2-6-18(9-14(17)19)15(20)13-8-10-7-11(16)3-4-12(10)21-13/h3-4,7-8H,2,5-6,9,16H2,1H3. The number of hydrogen-bond acceptors (Lipinski definition) is 4. The second kappa shape index (κ2) is 5.37. The van der Waals surface area contributed by atoms with Gasteiger partial charge in [-0.2, -0.15) is 0 Å². The van der Waals surface area contributed by atoms with E-state index in [9.17, 15) is 9.59 Å². The number of nitrogen functional groups attached to an aromatic ring is 1. The summed E-state index contributed by atoms with van der Waals surface area (Å²) in [6, 6.07) is 7.48. The highest BCUT2D eigenvalue weighted by Crippen LogP contribution is 2.28. The number of rotatable bonds is 1. The van der Waals surface area contributed by atoms with Crippen molar-refractivity contribution < 1.29 is 9.59 Å². The van der Waals surface area contributed by atoms with E-state index in [1.54, 1.807) is 16.8 Å². The summed E-state index contributed by atoms with van der Waals surface area (Å²) in [4.78, 5) is 28.5. The van der Waals surface area contributed by atoms with E-state index in [1.807, 2.05) is 24.3 Å². The fraction of sp³-hybridized carbons (Fsp3) is 0.333. The fourth-order valence-corrected chi connectivity index (χ4v) is 3.49. The van der Waals surface area contributed by atoms with E-state index in [-0.39, 0.29) is 18.4 Å². The highest BCUT2D eigenvalue weighted by Gasteiger charge is 2.24. The van der Waals surface area contributed by atoms with Crippen molar-refractivity contribution in [2.45, 2.75) is 6.42 Å². The van der Waals surface area contributed by atoms with Gasteiger partial charge in [-0.15, -0.1) is 11.3 Å². The van der Waals surface area contributed by atoms with Gasteiger partial charge in [0.05, 0.1) is 4.88 Å². The molecule has 2 amide bonds. The van der Waals surface area contributed by atoms with Crippen molar-refractivity contribution in [3.8, 4) is 0 Å². The lowest BCUT2D eigenvalue weighted by atomic mass is 10.2. The van der Waals surface area contributed by atoms with Gasteiger partial charge in [0.15, 0.2) is 0 Å². The molecule has 2 N–H and O–H groups in total. The van der Waals surface area contributed by atoms with E-state index in [4.69, 9.17) is 5.73 Å². The summed E-state index contributed by atoms with van der Waals surface area (Å²) in [6.07, 6.45) is 0.811. The Balaban J connectivity index is 1.87. The molecule has 3 rings (SSSR count). The molecule has 5 nitrogen and oxygen atoms in total. The van der Waals surface area contributed by atoms with Crippen LogP contribution in [0.25, 0.3) is 10.1 Å². The molecule has 0 aliphatic carbocycles. The average Bonchev–Trinajstić information content (AvgIpc) is 2.80. The molecule has 0 radical (unpaired) electrons. The number of carbonyl (C=O) groups is 2. The molecule has 1 aliphatic heterocycles. The second-order valence-corrected chi connectivity index (χ2v) is 6.39. The van der Waals surface area contributed by atoms with Gasteiger partial charge in [-0.3, -0.25) is 9.59 Å². The van der Waals surface area contributed by atoms with Crippen molar-refractivity contribution in [1.82, 2.24) is 9.80 Å². The molecule has 0 spiro atoms. The Morgan fingerprint density at radius 2 is 2.10 bits per heavy atom. The first-order valence-corrected chi connectivity index (χ1v) is 7.68. The van der Waals surface area contributed by atoms with Crippen LogP contribution in [-0.2, 0) is 4.79 Å². The van der Waals surface area contributed by atoms with Crippen molar-refractivity contribution >= 4 is 38.9 Å². The maximum atomic E-state index is 12.6. The normalized spacial score (nSPS) is 16.3. The smallest absolute Gasteiger partial charge is 0.264 e. The lowest BCUT2D eigenvalue weighted by Crippen LogP contribution is -2.37. The molecule has 1 saturated heterocycles. The summed E-state index contributed by atoms with van der Waals surface area (Å²) in [5, 5.41) is 0.974. The summed E-state index contributed by atoms with van der Waals surface area (Å²) in [6.45, 7) is 1.47. The van der Waals surface area contributed by atoms with Gasteiger partial charge in [0, 0.05) is 30.5 Å². The first kappa shape index (κ1) is 13.9. The second-order valence-electron chi connectivity index (χ2n) is 5.30. The molecule has 0 unspecified atom stereocenters. The van der Waals surface area contributed by atoms with Gasteiger partial charge in [-0.25, -0.2) is 0 Å². The van der Waals surface area contributed by atoms with Crippen LogP contribution in [0.1, 0.15) is 16.1 Å². The molecular formula is C15H17N3O2S. The number of nitrogens with two attached hydrogens (primary N) is 1. The van der Waals surface area contributed by atoms with Crippen molar-refractivity contribution in [1.29, 1.82) is 0 Å². The Hall–Kier alpha value is -2.08. The monoisotopic (exact) mass is 303 g/mol. The van der Waals surface area contributed by atoms with Gasteiger partial charge in [0.2, 0.25) is 5.91 Å². The van der Waals surface area contributed by atoms with Gasteiger partial charge in [0.1, 0.15) is 6.54 Å². The van der Waals surface area contributed by atoms with Gasteiger partial charge >= 0.3 is 0 Å². The minimum atomic E-state index is -0.0709. The van der Waals surface area contributed by atoms with Crippen molar-refractivity contribution in [2.75, 3.05) is 32.4 Å². The minimum absolute atomic E-state index is 0.00814. The maximum absolute atomic E-state index is 12.6. The Kier molecular flexibility index (Phi) is 3.55. The molecule has 1 aromatic heterocycles. The minimum Gasteiger partial charge on any atom is -0.399 e. The summed E-state index contributed by atoms with van der Waals surface area (Å²) in [5.41, 5.74) is 6.45. The van der Waals surface area contributed by atoms with Crippen LogP contribution in [0.5, 0.6) is 0 Å². The molecule has 21 heavy (non-hydrogen) atoms. The number of carbonyl (C=O) groups excluding carboxylic acids is 2. The molecule has 6 heteroatoms. The highest BCUT2D eigenvalue weighted by atomic mass is 32.1. The number of hydrogen-bond donors (Lipinski definition) is 1. The van der Waals surface area contributed by atoms with E-state index in [2.05, 4.69) is 0 Å². The third-order valence-electron chi connectivity index (χ3n) is 3.71. The number of nitrogens with zero attached hydrogens (tertiary/aromatic N) is 2. The molecule has 1 fully saturated rings. The van der Waals surface area contributed by atoms with Crippen LogP contribution in [0.2, 0.25) is 0 Å². The average molecular weight is 303 g/mol. The summed E-state index contributed by atoms with van der Waals surface area (Å²) >= 11 is 1.44. The van der Waals surface area contributed by atoms with Gasteiger partial charge in [-0.05, 0) is 36.1 Å². The number of likely N-dealkylation sites (N-methyl/N-ethyl adjacent to an activating group) is 1. The van der Waals surface area contributed by atoms with Crippen LogP contribution >= 0.6 is 11.3 Å². The van der Waals surface area contributed by atoms with E-state index in [0.717, 1.165) is 16.5 Å². The van der Waals surface area contributed by atoms with Gasteiger partial charge < -0.3 is 15.5 Å². The third kappa shape index (κ3) is 2.71. The van der Waals surface area contributed by atoms with Crippen LogP contribution in [-0.4, -0.2) is 48.3 Å². The largest absolute Gasteiger partial charge is 0.399 e. The number of benzene rings is 1. The first-order chi connectivity index (χ1) is 10.0. The lowest BCUT2D eigenvalue weighted by molar-refractivity contribution is -0.129. The van der Waals surface area contributed by atoms with Crippen LogP contribution < -0.4 is 5.73 Å².